The van der Waals surface area contributed by atoms with Crippen LogP contribution in [-0.4, -0.2) is 32.2 Å². The van der Waals surface area contributed by atoms with Crippen LogP contribution in [0, 0.1) is 0 Å². The van der Waals surface area contributed by atoms with Crippen LogP contribution in [-0.2, 0) is 24.2 Å². The van der Waals surface area contributed by atoms with Crippen LogP contribution < -0.4 is 5.32 Å². The molecule has 0 fully saturated rings. The number of nitrogens with zero attached hydrogens (tertiary/aromatic N) is 3. The minimum Gasteiger partial charge on any atom is -0.324 e. The number of aryl methyl sites for hydroxylation is 1. The Labute approximate surface area is 207 Å². The average Bonchev–Trinajstić information content (AvgIpc) is 3.49. The van der Waals surface area contributed by atoms with Crippen LogP contribution in [0.15, 0.2) is 82.2 Å². The van der Waals surface area contributed by atoms with E-state index in [1.807, 2.05) is 43.5 Å². The van der Waals surface area contributed by atoms with E-state index < -0.39 is 0 Å². The molecule has 4 aromatic rings. The third-order valence-electron chi connectivity index (χ3n) is 5.19. The number of amides is 1. The summed E-state index contributed by atoms with van der Waals surface area (Å²) in [6.45, 7) is 2.68. The van der Waals surface area contributed by atoms with E-state index in [-0.39, 0.29) is 11.2 Å². The van der Waals surface area contributed by atoms with E-state index in [1.54, 1.807) is 23.1 Å². The van der Waals surface area contributed by atoms with Crippen LogP contribution in [0.5, 0.6) is 0 Å². The molecule has 0 saturated heterocycles. The van der Waals surface area contributed by atoms with E-state index >= 15 is 0 Å². The van der Waals surface area contributed by atoms with Crippen molar-refractivity contribution in [2.24, 2.45) is 0 Å². The van der Waals surface area contributed by atoms with Gasteiger partial charge in [-0.05, 0) is 48.7 Å². The van der Waals surface area contributed by atoms with Gasteiger partial charge in [-0.25, -0.2) is 0 Å². The van der Waals surface area contributed by atoms with Crippen LogP contribution in [0.1, 0.15) is 23.2 Å². The second kappa shape index (κ2) is 11.5. The van der Waals surface area contributed by atoms with Crippen molar-refractivity contribution in [1.29, 1.82) is 0 Å². The number of hydrogen-bond donors (Lipinski definition) is 1. The van der Waals surface area contributed by atoms with E-state index in [1.165, 1.54) is 22.2 Å². The Hall–Kier alpha value is -2.55. The first kappa shape index (κ1) is 23.6. The molecule has 1 N–H and O–H groups in total. The number of para-hydroxylation sites is 1. The van der Waals surface area contributed by atoms with Gasteiger partial charge in [0.2, 0.25) is 5.91 Å². The Morgan fingerprint density at radius 2 is 1.85 bits per heavy atom. The molecule has 0 aliphatic heterocycles. The molecule has 2 heterocycles. The highest BCUT2D eigenvalue weighted by Crippen LogP contribution is 2.28. The molecule has 1 amide bonds. The van der Waals surface area contributed by atoms with Crippen molar-refractivity contribution < 1.29 is 4.79 Å². The maximum atomic E-state index is 12.9. The summed E-state index contributed by atoms with van der Waals surface area (Å²) in [5, 5.41) is 14.6. The molecule has 170 valence electrons. The molecule has 33 heavy (non-hydrogen) atoms. The van der Waals surface area contributed by atoms with E-state index in [9.17, 15) is 4.79 Å². The van der Waals surface area contributed by atoms with Gasteiger partial charge in [-0.3, -0.25) is 4.79 Å². The molecule has 1 unspecified atom stereocenters. The Morgan fingerprint density at radius 3 is 2.61 bits per heavy atom. The van der Waals surface area contributed by atoms with E-state index in [4.69, 9.17) is 0 Å². The summed E-state index contributed by atoms with van der Waals surface area (Å²) in [7, 11) is 0. The summed E-state index contributed by atoms with van der Waals surface area (Å²) in [4.78, 5) is 15.2. The lowest BCUT2D eigenvalue weighted by Gasteiger charge is -2.15. The number of thiophene rings is 1. The molecule has 8 heteroatoms. The van der Waals surface area contributed by atoms with Gasteiger partial charge in [-0.15, -0.1) is 33.3 Å². The quantitative estimate of drug-likeness (QED) is 0.273. The SMILES string of the molecule is CSc1ccccc1NC(=O)C(C)Sc1nnc(Cc2cccs2)n1CCc1ccccc1. The fourth-order valence-electron chi connectivity index (χ4n) is 3.41. The highest BCUT2D eigenvalue weighted by molar-refractivity contribution is 8.00. The minimum atomic E-state index is -0.311. The standard InChI is InChI=1S/C25H26N4OS3/c1-18(24(30)26-21-12-6-7-13-22(21)31-2)33-25-28-27-23(17-20-11-8-16-32-20)29(25)15-14-19-9-4-3-5-10-19/h3-13,16,18H,14-15,17H2,1-2H3,(H,26,30). The van der Waals surface area contributed by atoms with Gasteiger partial charge < -0.3 is 9.88 Å². The largest absolute Gasteiger partial charge is 0.324 e. The van der Waals surface area contributed by atoms with E-state index in [0.29, 0.717) is 0 Å². The zero-order chi connectivity index (χ0) is 23.0. The van der Waals surface area contributed by atoms with Gasteiger partial charge in [0, 0.05) is 22.7 Å². The average molecular weight is 495 g/mol. The number of aromatic nitrogens is 3. The van der Waals surface area contributed by atoms with Crippen molar-refractivity contribution in [2.75, 3.05) is 11.6 Å². The Balaban J connectivity index is 1.50. The van der Waals surface area contributed by atoms with Crippen molar-refractivity contribution in [3.63, 3.8) is 0 Å². The van der Waals surface area contributed by atoms with Gasteiger partial charge in [0.15, 0.2) is 5.16 Å². The van der Waals surface area contributed by atoms with Crippen molar-refractivity contribution in [1.82, 2.24) is 14.8 Å². The van der Waals surface area contributed by atoms with Gasteiger partial charge in [0.25, 0.3) is 0 Å². The molecule has 2 aromatic carbocycles. The monoisotopic (exact) mass is 494 g/mol. The highest BCUT2D eigenvalue weighted by atomic mass is 32.2. The van der Waals surface area contributed by atoms with Gasteiger partial charge in [-0.2, -0.15) is 0 Å². The van der Waals surface area contributed by atoms with Crippen LogP contribution in [0.4, 0.5) is 5.69 Å². The topological polar surface area (TPSA) is 59.8 Å². The molecule has 4 rings (SSSR count). The summed E-state index contributed by atoms with van der Waals surface area (Å²) in [5.74, 6) is 0.884. The smallest absolute Gasteiger partial charge is 0.237 e. The zero-order valence-corrected chi connectivity index (χ0v) is 21.1. The number of carbonyl (C=O) groups is 1. The van der Waals surface area contributed by atoms with Crippen molar-refractivity contribution >= 4 is 46.5 Å². The second-order valence-electron chi connectivity index (χ2n) is 7.49. The van der Waals surface area contributed by atoms with Gasteiger partial charge in [0.05, 0.1) is 10.9 Å². The lowest BCUT2D eigenvalue weighted by Crippen LogP contribution is -2.23. The third kappa shape index (κ3) is 6.28. The molecule has 5 nitrogen and oxygen atoms in total. The number of rotatable bonds is 10. The highest BCUT2D eigenvalue weighted by Gasteiger charge is 2.21. The number of nitrogens with one attached hydrogen (secondary N) is 1. The zero-order valence-electron chi connectivity index (χ0n) is 18.6. The molecular formula is C25H26N4OS3. The molecular weight excluding hydrogens is 469 g/mol. The van der Waals surface area contributed by atoms with Crippen LogP contribution in [0.25, 0.3) is 0 Å². The molecule has 0 saturated carbocycles. The first-order valence-corrected chi connectivity index (χ1v) is 13.7. The van der Waals surface area contributed by atoms with Crippen LogP contribution in [0.3, 0.4) is 0 Å². The maximum Gasteiger partial charge on any atom is 0.237 e. The van der Waals surface area contributed by atoms with Gasteiger partial charge in [0.1, 0.15) is 5.82 Å². The number of carbonyl (C=O) groups excluding carboxylic acids is 1. The first-order valence-electron chi connectivity index (χ1n) is 10.7. The lowest BCUT2D eigenvalue weighted by molar-refractivity contribution is -0.115. The number of anilines is 1. The van der Waals surface area contributed by atoms with Crippen LogP contribution >= 0.6 is 34.9 Å². The van der Waals surface area contributed by atoms with Crippen molar-refractivity contribution in [3.8, 4) is 0 Å². The van der Waals surface area contributed by atoms with E-state index in [2.05, 4.69) is 61.9 Å². The summed E-state index contributed by atoms with van der Waals surface area (Å²) < 4.78 is 2.16. The first-order chi connectivity index (χ1) is 16.1. The second-order valence-corrected chi connectivity index (χ2v) is 10.7. The summed E-state index contributed by atoms with van der Waals surface area (Å²) in [6.07, 6.45) is 3.63. The minimum absolute atomic E-state index is 0.0427. The predicted molar refractivity (Wildman–Crippen MR) is 139 cm³/mol. The summed E-state index contributed by atoms with van der Waals surface area (Å²) >= 11 is 4.79. The maximum absolute atomic E-state index is 12.9. The predicted octanol–water partition coefficient (Wildman–Crippen LogP) is 6.01. The normalized spacial score (nSPS) is 11.9. The Morgan fingerprint density at radius 1 is 1.06 bits per heavy atom. The number of thioether (sulfide) groups is 2. The van der Waals surface area contributed by atoms with Crippen molar-refractivity contribution in [2.45, 2.75) is 41.6 Å². The van der Waals surface area contributed by atoms with Crippen molar-refractivity contribution in [3.05, 3.63) is 88.4 Å². The fourth-order valence-corrected chi connectivity index (χ4v) is 5.56. The van der Waals surface area contributed by atoms with Gasteiger partial charge >= 0.3 is 0 Å². The molecule has 0 aliphatic carbocycles. The fraction of sp³-hybridized carbons (Fsp3) is 0.240. The van der Waals surface area contributed by atoms with Crippen LogP contribution in [0.2, 0.25) is 0 Å². The lowest BCUT2D eigenvalue weighted by atomic mass is 10.1. The van der Waals surface area contributed by atoms with E-state index in [0.717, 1.165) is 41.0 Å². The Kier molecular flexibility index (Phi) is 8.25. The Bertz CT molecular complexity index is 1180. The molecule has 0 aliphatic rings. The molecule has 2 aromatic heterocycles. The number of hydrogen-bond acceptors (Lipinski definition) is 6. The molecule has 0 bridgehead atoms. The third-order valence-corrected chi connectivity index (χ3v) is 7.94. The molecule has 0 spiro atoms. The molecule has 1 atom stereocenters. The molecule has 0 radical (unpaired) electrons. The summed E-state index contributed by atoms with van der Waals surface area (Å²) in [6, 6.07) is 22.4. The summed E-state index contributed by atoms with van der Waals surface area (Å²) in [5.41, 5.74) is 2.11. The number of benzene rings is 2. The van der Waals surface area contributed by atoms with Gasteiger partial charge in [-0.1, -0.05) is 60.3 Å².